The zero-order valence-corrected chi connectivity index (χ0v) is 29.3. The van der Waals surface area contributed by atoms with Crippen molar-refractivity contribution in [1.29, 1.82) is 0 Å². The molecule has 0 aromatic heterocycles. The Kier molecular flexibility index (Phi) is 13.7. The number of benzene rings is 1. The number of phosphoric acid groups is 1. The fourth-order valence-corrected chi connectivity index (χ4v) is 6.84. The molecule has 1 aliphatic heterocycles. The Labute approximate surface area is 252 Å². The average molecular weight is 597 g/mol. The van der Waals surface area contributed by atoms with Crippen molar-refractivity contribution in [2.45, 2.75) is 132 Å². The summed E-state index contributed by atoms with van der Waals surface area (Å²) < 4.78 is 31.1. The van der Waals surface area contributed by atoms with Gasteiger partial charge in [-0.1, -0.05) is 72.6 Å². The highest BCUT2D eigenvalue weighted by molar-refractivity contribution is 7.47. The predicted octanol–water partition coefficient (Wildman–Crippen LogP) is 9.34. The minimum Gasteiger partial charge on any atom is -0.487 e. The Bertz CT molecular complexity index is 1020. The lowest BCUT2D eigenvalue weighted by Gasteiger charge is -2.38. The largest absolute Gasteiger partial charge is 0.527 e. The molecule has 0 amide bonds. The van der Waals surface area contributed by atoms with Gasteiger partial charge in [-0.2, -0.15) is 0 Å². The van der Waals surface area contributed by atoms with Gasteiger partial charge in [-0.15, -0.1) is 0 Å². The molecular weight excluding hydrogens is 533 g/mol. The standard InChI is InChI=1S/C34H62NO5P/c1-25(2)15-12-16-26(3)17-13-18-27(4)19-14-21-34(8)22-20-31-30(7)32(28(5)29(6)33(31)39-34)40-41(36,37)38-24-23-35(9,10)11/h25-27H,12-24H2,1-11H3/p+1. The van der Waals surface area contributed by atoms with Gasteiger partial charge in [0.05, 0.1) is 21.1 Å². The quantitative estimate of drug-likeness (QED) is 0.135. The van der Waals surface area contributed by atoms with Gasteiger partial charge in [-0.25, -0.2) is 4.57 Å². The summed E-state index contributed by atoms with van der Waals surface area (Å²) in [6, 6.07) is 0. The molecule has 1 aromatic rings. The second-order valence-electron chi connectivity index (χ2n) is 14.8. The van der Waals surface area contributed by atoms with Gasteiger partial charge in [0, 0.05) is 5.56 Å². The van der Waals surface area contributed by atoms with Crippen molar-refractivity contribution in [3.05, 3.63) is 22.3 Å². The molecule has 0 fully saturated rings. The lowest BCUT2D eigenvalue weighted by atomic mass is 9.84. The minimum absolute atomic E-state index is 0.150. The number of ether oxygens (including phenoxy) is 1. The molecule has 4 unspecified atom stereocenters. The van der Waals surface area contributed by atoms with Crippen molar-refractivity contribution in [2.75, 3.05) is 34.3 Å². The summed E-state index contributed by atoms with van der Waals surface area (Å²) in [5.74, 6) is 3.80. The van der Waals surface area contributed by atoms with Crippen molar-refractivity contribution >= 4 is 7.82 Å². The van der Waals surface area contributed by atoms with Crippen LogP contribution in [0.5, 0.6) is 11.5 Å². The highest BCUT2D eigenvalue weighted by Gasteiger charge is 2.36. The van der Waals surface area contributed by atoms with E-state index in [1.165, 1.54) is 51.4 Å². The van der Waals surface area contributed by atoms with Gasteiger partial charge in [-0.3, -0.25) is 9.42 Å². The molecule has 1 aromatic carbocycles. The van der Waals surface area contributed by atoms with Crippen molar-refractivity contribution in [2.24, 2.45) is 17.8 Å². The molecule has 2 rings (SSSR count). The van der Waals surface area contributed by atoms with Crippen LogP contribution >= 0.6 is 7.82 Å². The molecule has 7 heteroatoms. The zero-order valence-electron chi connectivity index (χ0n) is 28.4. The third-order valence-corrected chi connectivity index (χ3v) is 9.98. The minimum atomic E-state index is -4.23. The van der Waals surface area contributed by atoms with Crippen molar-refractivity contribution in [1.82, 2.24) is 0 Å². The fourth-order valence-electron chi connectivity index (χ4n) is 5.97. The second-order valence-corrected chi connectivity index (χ2v) is 16.2. The first kappa shape index (κ1) is 36.1. The number of likely N-dealkylation sites (N-methyl/N-ethyl adjacent to an activating group) is 1. The number of rotatable bonds is 18. The first-order valence-electron chi connectivity index (χ1n) is 16.2. The van der Waals surface area contributed by atoms with Gasteiger partial charge in [0.15, 0.2) is 0 Å². The Hall–Kier alpha value is -1.07. The average Bonchev–Trinajstić information content (AvgIpc) is 2.84. The summed E-state index contributed by atoms with van der Waals surface area (Å²) in [5.41, 5.74) is 3.59. The first-order chi connectivity index (χ1) is 18.9. The number of hydrogen-bond donors (Lipinski definition) is 1. The molecule has 41 heavy (non-hydrogen) atoms. The van der Waals surface area contributed by atoms with E-state index in [1.54, 1.807) is 0 Å². The molecule has 0 radical (unpaired) electrons. The SMILES string of the molecule is Cc1c(C)c2c(c(C)c1OP(=O)(O)OCC[N+](C)(C)C)CCC(C)(CCCC(C)CCCC(C)CCCC(C)C)O2. The van der Waals surface area contributed by atoms with Gasteiger partial charge in [0.25, 0.3) is 0 Å². The van der Waals surface area contributed by atoms with Crippen molar-refractivity contribution in [3.8, 4) is 11.5 Å². The van der Waals surface area contributed by atoms with E-state index in [1.807, 2.05) is 41.9 Å². The van der Waals surface area contributed by atoms with E-state index in [-0.39, 0.29) is 12.2 Å². The summed E-state index contributed by atoms with van der Waals surface area (Å²) in [7, 11) is 1.81. The van der Waals surface area contributed by atoms with E-state index >= 15 is 0 Å². The number of phosphoric ester groups is 1. The maximum absolute atomic E-state index is 12.8. The molecule has 6 nitrogen and oxygen atoms in total. The molecule has 0 saturated heterocycles. The molecule has 1 heterocycles. The molecule has 4 atom stereocenters. The highest BCUT2D eigenvalue weighted by Crippen LogP contribution is 2.50. The van der Waals surface area contributed by atoms with Crippen LogP contribution in [0, 0.1) is 38.5 Å². The fraction of sp³-hybridized carbons (Fsp3) is 0.824. The molecule has 0 aliphatic carbocycles. The third-order valence-electron chi connectivity index (χ3n) is 9.06. The number of quaternary nitrogens is 1. The Balaban J connectivity index is 1.91. The molecule has 0 saturated carbocycles. The maximum Gasteiger partial charge on any atom is 0.527 e. The van der Waals surface area contributed by atoms with Crippen LogP contribution in [0.2, 0.25) is 0 Å². The lowest BCUT2D eigenvalue weighted by Crippen LogP contribution is -2.37. The van der Waals surface area contributed by atoms with Gasteiger partial charge in [0.2, 0.25) is 0 Å². The van der Waals surface area contributed by atoms with Gasteiger partial charge in [-0.05, 0) is 87.8 Å². The number of fused-ring (bicyclic) bond motifs is 1. The molecule has 238 valence electrons. The van der Waals surface area contributed by atoms with Crippen LogP contribution in [-0.4, -0.2) is 49.3 Å². The van der Waals surface area contributed by atoms with Crippen molar-refractivity contribution in [3.63, 3.8) is 0 Å². The monoisotopic (exact) mass is 596 g/mol. The smallest absolute Gasteiger partial charge is 0.487 e. The molecule has 1 N–H and O–H groups in total. The Morgan fingerprint density at radius 2 is 1.46 bits per heavy atom. The number of nitrogens with zero attached hydrogens (tertiary/aromatic N) is 1. The summed E-state index contributed by atoms with van der Waals surface area (Å²) >= 11 is 0. The second kappa shape index (κ2) is 15.6. The predicted molar refractivity (Wildman–Crippen MR) is 172 cm³/mol. The Morgan fingerprint density at radius 3 is 2.02 bits per heavy atom. The molecule has 1 aliphatic rings. The lowest BCUT2D eigenvalue weighted by molar-refractivity contribution is -0.870. The first-order valence-corrected chi connectivity index (χ1v) is 17.7. The summed E-state index contributed by atoms with van der Waals surface area (Å²) in [5, 5.41) is 0. The van der Waals surface area contributed by atoms with Crippen LogP contribution in [0.25, 0.3) is 0 Å². The van der Waals surface area contributed by atoms with E-state index in [4.69, 9.17) is 13.8 Å². The highest BCUT2D eigenvalue weighted by atomic mass is 31.2. The van der Waals surface area contributed by atoms with E-state index in [0.717, 1.165) is 65.0 Å². The topological polar surface area (TPSA) is 65.0 Å². The van der Waals surface area contributed by atoms with Crippen LogP contribution in [0.1, 0.15) is 121 Å². The number of hydrogen-bond acceptors (Lipinski definition) is 4. The Morgan fingerprint density at radius 1 is 0.902 bits per heavy atom. The van der Waals surface area contributed by atoms with E-state index in [0.29, 0.717) is 16.8 Å². The molecular formula is C34H63NO5P+. The van der Waals surface area contributed by atoms with Crippen LogP contribution in [-0.2, 0) is 15.5 Å². The van der Waals surface area contributed by atoms with Crippen LogP contribution in [0.4, 0.5) is 0 Å². The summed E-state index contributed by atoms with van der Waals surface area (Å²) in [4.78, 5) is 10.4. The van der Waals surface area contributed by atoms with E-state index < -0.39 is 7.82 Å². The normalized spacial score (nSPS) is 20.3. The van der Waals surface area contributed by atoms with Crippen molar-refractivity contribution < 1.29 is 27.7 Å². The van der Waals surface area contributed by atoms with Crippen LogP contribution < -0.4 is 9.26 Å². The van der Waals surface area contributed by atoms with Crippen LogP contribution in [0.3, 0.4) is 0 Å². The summed E-state index contributed by atoms with van der Waals surface area (Å²) in [6.07, 6.45) is 13.4. The zero-order chi connectivity index (χ0) is 31.0. The maximum atomic E-state index is 12.8. The van der Waals surface area contributed by atoms with E-state index in [9.17, 15) is 9.46 Å². The third kappa shape index (κ3) is 12.2. The molecule has 0 spiro atoms. The van der Waals surface area contributed by atoms with Gasteiger partial charge < -0.3 is 13.7 Å². The molecule has 0 bridgehead atoms. The summed E-state index contributed by atoms with van der Waals surface area (Å²) in [6.45, 7) is 18.4. The van der Waals surface area contributed by atoms with Gasteiger partial charge >= 0.3 is 7.82 Å². The van der Waals surface area contributed by atoms with E-state index in [2.05, 4.69) is 34.6 Å². The van der Waals surface area contributed by atoms with Gasteiger partial charge in [0.1, 0.15) is 30.3 Å². The van der Waals surface area contributed by atoms with Crippen LogP contribution in [0.15, 0.2) is 0 Å².